The molecule has 3 N–H and O–H groups in total. The molecule has 7 heteroatoms. The van der Waals surface area contributed by atoms with Crippen molar-refractivity contribution in [3.63, 3.8) is 0 Å². The van der Waals surface area contributed by atoms with Crippen LogP contribution in [-0.2, 0) is 4.74 Å². The molecule has 0 aliphatic rings. The second-order valence-corrected chi connectivity index (χ2v) is 4.75. The zero-order valence-corrected chi connectivity index (χ0v) is 17.6. The first-order valence-corrected chi connectivity index (χ1v) is 9.02. The minimum atomic E-state index is -0.595. The Kier molecular flexibility index (Phi) is 11.5. The third kappa shape index (κ3) is 5.90. The first kappa shape index (κ1) is 24.8. The molecule has 0 saturated carbocycles. The quantitative estimate of drug-likeness (QED) is 0.581. The molecular formula is C21H30N2O5. The average molecular weight is 390 g/mol. The minimum absolute atomic E-state index is 0.173. The molecule has 2 aromatic rings. The summed E-state index contributed by atoms with van der Waals surface area (Å²) in [6, 6.07) is 9.62. The summed E-state index contributed by atoms with van der Waals surface area (Å²) in [5.41, 5.74) is 6.73. The van der Waals surface area contributed by atoms with Gasteiger partial charge in [0.15, 0.2) is 0 Å². The summed E-state index contributed by atoms with van der Waals surface area (Å²) in [6.07, 6.45) is 0. The van der Waals surface area contributed by atoms with Crippen LogP contribution in [0.1, 0.15) is 48.4 Å². The topological polar surface area (TPSA) is 99.9 Å². The normalized spacial score (nSPS) is 8.96. The third-order valence-electron chi connectivity index (χ3n) is 3.42. The van der Waals surface area contributed by atoms with Crippen molar-refractivity contribution in [3.05, 3.63) is 47.5 Å². The van der Waals surface area contributed by atoms with Crippen LogP contribution in [0.15, 0.2) is 36.4 Å². The van der Waals surface area contributed by atoms with Crippen molar-refractivity contribution in [2.45, 2.75) is 27.7 Å². The summed E-state index contributed by atoms with van der Waals surface area (Å²) in [5.74, 6) is -0.382. The van der Waals surface area contributed by atoms with Crippen molar-refractivity contribution < 1.29 is 23.8 Å². The Morgan fingerprint density at radius 3 is 1.82 bits per heavy atom. The number of nitrogens with two attached hydrogens (primary N) is 1. The van der Waals surface area contributed by atoms with Gasteiger partial charge in [0.25, 0.3) is 5.91 Å². The van der Waals surface area contributed by atoms with Gasteiger partial charge in [0.2, 0.25) is 0 Å². The van der Waals surface area contributed by atoms with Crippen molar-refractivity contribution >= 4 is 23.3 Å². The Bertz CT molecular complexity index is 775. The summed E-state index contributed by atoms with van der Waals surface area (Å²) in [7, 11) is 4.16. The highest BCUT2D eigenvalue weighted by atomic mass is 16.5. The molecule has 2 aromatic carbocycles. The van der Waals surface area contributed by atoms with Gasteiger partial charge in [-0.1, -0.05) is 39.8 Å². The van der Waals surface area contributed by atoms with Gasteiger partial charge in [0, 0.05) is 0 Å². The van der Waals surface area contributed by atoms with Crippen molar-refractivity contribution in [1.82, 2.24) is 0 Å². The van der Waals surface area contributed by atoms with E-state index in [9.17, 15) is 9.59 Å². The van der Waals surface area contributed by atoms with E-state index in [0.717, 1.165) is 0 Å². The highest BCUT2D eigenvalue weighted by Gasteiger charge is 2.20. The maximum atomic E-state index is 12.6. The van der Waals surface area contributed by atoms with E-state index >= 15 is 0 Å². The first-order valence-electron chi connectivity index (χ1n) is 9.02. The Hall–Kier alpha value is -3.22. The molecule has 0 heterocycles. The monoisotopic (exact) mass is 390 g/mol. The number of nitrogens with one attached hydrogen (secondary N) is 1. The highest BCUT2D eigenvalue weighted by Crippen LogP contribution is 2.31. The molecule has 0 unspecified atom stereocenters. The number of carbonyl (C=O) groups excluding carboxylic acids is 2. The SMILES string of the molecule is CC.CC.COC(=O)c1cccc(OC)c1NC(=O)c1cccc(OC)c1N. The molecule has 0 radical (unpaired) electrons. The molecule has 28 heavy (non-hydrogen) atoms. The molecule has 0 aliphatic heterocycles. The van der Waals surface area contributed by atoms with Crippen LogP contribution in [0, 0.1) is 0 Å². The Balaban J connectivity index is 0.00000171. The number of carbonyl (C=O) groups is 2. The van der Waals surface area contributed by atoms with Crippen LogP contribution in [0.25, 0.3) is 0 Å². The molecule has 0 bridgehead atoms. The van der Waals surface area contributed by atoms with Crippen molar-refractivity contribution in [1.29, 1.82) is 0 Å². The molecule has 1 amide bonds. The second kappa shape index (κ2) is 13.0. The zero-order chi connectivity index (χ0) is 21.7. The van der Waals surface area contributed by atoms with Crippen molar-refractivity contribution in [2.24, 2.45) is 0 Å². The van der Waals surface area contributed by atoms with Gasteiger partial charge in [0.05, 0.1) is 43.8 Å². The highest BCUT2D eigenvalue weighted by molar-refractivity contribution is 6.12. The molecule has 7 nitrogen and oxygen atoms in total. The van der Waals surface area contributed by atoms with Crippen molar-refractivity contribution in [2.75, 3.05) is 32.4 Å². The minimum Gasteiger partial charge on any atom is -0.495 e. The van der Waals surface area contributed by atoms with E-state index in [1.165, 1.54) is 27.4 Å². The Morgan fingerprint density at radius 1 is 0.821 bits per heavy atom. The van der Waals surface area contributed by atoms with Gasteiger partial charge in [-0.2, -0.15) is 0 Å². The standard InChI is InChI=1S/C17H18N2O5.2C2H6/c1-22-12-8-4-6-10(14(12)18)16(20)19-15-11(17(21)24-3)7-5-9-13(15)23-2;2*1-2/h4-9H,18H2,1-3H3,(H,19,20);2*1-2H3. The smallest absolute Gasteiger partial charge is 0.340 e. The van der Waals surface area contributed by atoms with Gasteiger partial charge >= 0.3 is 5.97 Å². The zero-order valence-electron chi connectivity index (χ0n) is 17.6. The van der Waals surface area contributed by atoms with Crippen LogP contribution in [0.4, 0.5) is 11.4 Å². The number of hydrogen-bond acceptors (Lipinski definition) is 6. The molecule has 0 spiro atoms. The second-order valence-electron chi connectivity index (χ2n) is 4.75. The predicted octanol–water partition coefficient (Wildman–Crippen LogP) is 4.38. The lowest BCUT2D eigenvalue weighted by molar-refractivity contribution is 0.0601. The van der Waals surface area contributed by atoms with E-state index in [4.69, 9.17) is 19.9 Å². The number of nitrogen functional groups attached to an aromatic ring is 1. The van der Waals surface area contributed by atoms with Crippen LogP contribution in [0.3, 0.4) is 0 Å². The number of benzene rings is 2. The third-order valence-corrected chi connectivity index (χ3v) is 3.42. The number of rotatable bonds is 5. The summed E-state index contributed by atoms with van der Waals surface area (Å²) in [5, 5.41) is 2.65. The van der Waals surface area contributed by atoms with E-state index in [2.05, 4.69) is 5.32 Å². The van der Waals surface area contributed by atoms with Gasteiger partial charge in [-0.15, -0.1) is 0 Å². The fourth-order valence-electron chi connectivity index (χ4n) is 2.21. The summed E-state index contributed by atoms with van der Waals surface area (Å²) >= 11 is 0. The average Bonchev–Trinajstić information content (AvgIpc) is 2.76. The van der Waals surface area contributed by atoms with Gasteiger partial charge in [-0.3, -0.25) is 4.79 Å². The number of para-hydroxylation sites is 2. The summed E-state index contributed by atoms with van der Waals surface area (Å²) in [4.78, 5) is 24.5. The van der Waals surface area contributed by atoms with Gasteiger partial charge < -0.3 is 25.3 Å². The largest absolute Gasteiger partial charge is 0.495 e. The van der Waals surface area contributed by atoms with Crippen LogP contribution in [0.5, 0.6) is 11.5 Å². The Labute approximate surface area is 166 Å². The lowest BCUT2D eigenvalue weighted by atomic mass is 10.1. The van der Waals surface area contributed by atoms with Crippen molar-refractivity contribution in [3.8, 4) is 11.5 Å². The number of methoxy groups -OCH3 is 3. The number of esters is 1. The van der Waals surface area contributed by atoms with E-state index in [1.54, 1.807) is 30.3 Å². The number of amides is 1. The van der Waals surface area contributed by atoms with Crippen LogP contribution >= 0.6 is 0 Å². The lowest BCUT2D eigenvalue weighted by Gasteiger charge is -2.15. The fourth-order valence-corrected chi connectivity index (χ4v) is 2.21. The predicted molar refractivity (Wildman–Crippen MR) is 112 cm³/mol. The van der Waals surface area contributed by atoms with E-state index in [0.29, 0.717) is 11.5 Å². The molecule has 154 valence electrons. The number of anilines is 2. The maximum Gasteiger partial charge on any atom is 0.340 e. The van der Waals surface area contributed by atoms with Gasteiger partial charge in [-0.05, 0) is 24.3 Å². The molecular weight excluding hydrogens is 360 g/mol. The van der Waals surface area contributed by atoms with Crippen LogP contribution in [0.2, 0.25) is 0 Å². The molecule has 0 saturated heterocycles. The molecule has 0 fully saturated rings. The summed E-state index contributed by atoms with van der Waals surface area (Å²) < 4.78 is 15.1. The molecule has 0 aromatic heterocycles. The fraction of sp³-hybridized carbons (Fsp3) is 0.333. The molecule has 2 rings (SSSR count). The Morgan fingerprint density at radius 2 is 1.32 bits per heavy atom. The summed E-state index contributed by atoms with van der Waals surface area (Å²) in [6.45, 7) is 8.00. The van der Waals surface area contributed by atoms with E-state index in [-0.39, 0.29) is 22.5 Å². The van der Waals surface area contributed by atoms with E-state index < -0.39 is 11.9 Å². The first-order chi connectivity index (χ1) is 13.5. The molecule has 0 atom stereocenters. The maximum absolute atomic E-state index is 12.6. The number of hydrogen-bond donors (Lipinski definition) is 2. The van der Waals surface area contributed by atoms with Crippen LogP contribution in [-0.4, -0.2) is 33.2 Å². The lowest BCUT2D eigenvalue weighted by Crippen LogP contribution is -2.18. The number of ether oxygens (including phenoxy) is 3. The molecule has 0 aliphatic carbocycles. The van der Waals surface area contributed by atoms with E-state index in [1.807, 2.05) is 27.7 Å². The van der Waals surface area contributed by atoms with Crippen LogP contribution < -0.4 is 20.5 Å². The van der Waals surface area contributed by atoms with Gasteiger partial charge in [-0.25, -0.2) is 4.79 Å². The van der Waals surface area contributed by atoms with Gasteiger partial charge in [0.1, 0.15) is 11.5 Å².